The van der Waals surface area contributed by atoms with Crippen molar-refractivity contribution in [1.29, 1.82) is 0 Å². The molecule has 1 aromatic heterocycles. The Bertz CT molecular complexity index is 710. The van der Waals surface area contributed by atoms with Crippen LogP contribution in [0.1, 0.15) is 74.7 Å². The minimum atomic E-state index is -0.986. The first kappa shape index (κ1) is 24.6. The number of rotatable bonds is 6. The van der Waals surface area contributed by atoms with Crippen molar-refractivity contribution >= 4 is 35.1 Å². The van der Waals surface area contributed by atoms with E-state index in [2.05, 4.69) is 10.6 Å². The van der Waals surface area contributed by atoms with Crippen molar-refractivity contribution in [2.24, 2.45) is 0 Å². The molecule has 0 aliphatic carbocycles. The summed E-state index contributed by atoms with van der Waals surface area (Å²) >= 11 is 0.870. The molecule has 2 N–H and O–H groups in total. The molecule has 0 fully saturated rings. The lowest BCUT2D eigenvalue weighted by Gasteiger charge is -2.23. The van der Waals surface area contributed by atoms with Gasteiger partial charge in [-0.05, 0) is 67.5 Å². The summed E-state index contributed by atoms with van der Waals surface area (Å²) in [6, 6.07) is 2.83. The van der Waals surface area contributed by atoms with E-state index in [0.29, 0.717) is 0 Å². The molecule has 0 unspecified atom stereocenters. The van der Waals surface area contributed by atoms with Gasteiger partial charge in [0.2, 0.25) is 0 Å². The second-order valence-electron chi connectivity index (χ2n) is 8.74. The molecule has 8 nitrogen and oxygen atoms in total. The van der Waals surface area contributed by atoms with Crippen molar-refractivity contribution in [2.75, 3.05) is 0 Å². The first-order valence-electron chi connectivity index (χ1n) is 9.25. The van der Waals surface area contributed by atoms with Gasteiger partial charge in [0.15, 0.2) is 12.2 Å². The molecule has 0 aliphatic heterocycles. The lowest BCUT2D eigenvalue weighted by Crippen LogP contribution is -2.46. The summed E-state index contributed by atoms with van der Waals surface area (Å²) in [6.45, 7) is 13.9. The maximum Gasteiger partial charge on any atom is 0.349 e. The second kappa shape index (κ2) is 9.39. The first-order valence-corrected chi connectivity index (χ1v) is 10.1. The van der Waals surface area contributed by atoms with Crippen LogP contribution in [0.3, 0.4) is 0 Å². The first-order chi connectivity index (χ1) is 13.1. The van der Waals surface area contributed by atoms with Gasteiger partial charge >= 0.3 is 11.9 Å². The maximum atomic E-state index is 12.2. The van der Waals surface area contributed by atoms with E-state index in [9.17, 15) is 19.2 Å². The van der Waals surface area contributed by atoms with Crippen LogP contribution in [0, 0.1) is 0 Å². The highest BCUT2D eigenvalue weighted by Crippen LogP contribution is 2.20. The summed E-state index contributed by atoms with van der Waals surface area (Å²) in [5.41, 5.74) is -0.902. The van der Waals surface area contributed by atoms with Gasteiger partial charge in [-0.3, -0.25) is 9.59 Å². The smallest absolute Gasteiger partial charge is 0.349 e. The number of carbonyl (C=O) groups excluding carboxylic acids is 4. The standard InChI is InChI=1S/C20H30N2O6S/c1-11(15(23)21-19(3,4)5)27-17(25)13-9-10-14(29-13)18(26)28-12(2)16(24)22-20(6,7)8/h9-12H,1-8H3,(H,21,23)(H,22,24)/t11-,12-/m0/s1. The van der Waals surface area contributed by atoms with Crippen LogP contribution in [0.4, 0.5) is 0 Å². The van der Waals surface area contributed by atoms with Gasteiger partial charge in [-0.2, -0.15) is 0 Å². The van der Waals surface area contributed by atoms with E-state index in [4.69, 9.17) is 9.47 Å². The Hall–Kier alpha value is -2.42. The van der Waals surface area contributed by atoms with Crippen molar-refractivity contribution in [3.05, 3.63) is 21.9 Å². The Morgan fingerprint density at radius 2 is 1.07 bits per heavy atom. The van der Waals surface area contributed by atoms with E-state index in [1.165, 1.54) is 26.0 Å². The zero-order chi connectivity index (χ0) is 22.6. The van der Waals surface area contributed by atoms with Crippen molar-refractivity contribution in [2.45, 2.75) is 78.7 Å². The van der Waals surface area contributed by atoms with Crippen LogP contribution in [0.2, 0.25) is 0 Å². The second-order valence-corrected chi connectivity index (χ2v) is 9.82. The topological polar surface area (TPSA) is 111 Å². The molecule has 0 aromatic carbocycles. The highest BCUT2D eigenvalue weighted by Gasteiger charge is 2.26. The fraction of sp³-hybridized carbons (Fsp3) is 0.600. The molecule has 0 radical (unpaired) electrons. The molecule has 29 heavy (non-hydrogen) atoms. The average molecular weight is 427 g/mol. The normalized spacial score (nSPS) is 13.8. The van der Waals surface area contributed by atoms with Crippen molar-refractivity contribution < 1.29 is 28.7 Å². The largest absolute Gasteiger partial charge is 0.448 e. The van der Waals surface area contributed by atoms with Crippen molar-refractivity contribution in [3.8, 4) is 0 Å². The highest BCUT2D eigenvalue weighted by molar-refractivity contribution is 7.15. The van der Waals surface area contributed by atoms with Crippen LogP contribution in [0.5, 0.6) is 0 Å². The summed E-state index contributed by atoms with van der Waals surface area (Å²) in [5.74, 6) is -2.27. The van der Waals surface area contributed by atoms with E-state index in [1.807, 2.05) is 41.5 Å². The number of esters is 2. The zero-order valence-corrected chi connectivity index (χ0v) is 19.0. The number of hydrogen-bond donors (Lipinski definition) is 2. The van der Waals surface area contributed by atoms with Gasteiger partial charge in [-0.25, -0.2) is 9.59 Å². The van der Waals surface area contributed by atoms with Crippen LogP contribution < -0.4 is 10.6 Å². The Morgan fingerprint density at radius 1 is 0.759 bits per heavy atom. The number of nitrogens with one attached hydrogen (secondary N) is 2. The lowest BCUT2D eigenvalue weighted by molar-refractivity contribution is -0.131. The maximum absolute atomic E-state index is 12.2. The summed E-state index contributed by atoms with van der Waals surface area (Å²) in [5, 5.41) is 5.45. The molecule has 0 saturated carbocycles. The minimum Gasteiger partial charge on any atom is -0.448 e. The zero-order valence-electron chi connectivity index (χ0n) is 18.2. The number of thiophene rings is 1. The summed E-state index contributed by atoms with van der Waals surface area (Å²) in [7, 11) is 0. The molecule has 0 aliphatic rings. The lowest BCUT2D eigenvalue weighted by atomic mass is 10.1. The molecule has 1 aromatic rings. The van der Waals surface area contributed by atoms with Crippen LogP contribution in [0.15, 0.2) is 12.1 Å². The van der Waals surface area contributed by atoms with Crippen LogP contribution in [-0.2, 0) is 19.1 Å². The quantitative estimate of drug-likeness (QED) is 0.677. The molecule has 1 heterocycles. The molecule has 0 saturated heterocycles. The monoisotopic (exact) mass is 426 g/mol. The van der Waals surface area contributed by atoms with Gasteiger partial charge in [-0.1, -0.05) is 0 Å². The fourth-order valence-corrected chi connectivity index (χ4v) is 2.82. The molecule has 2 amide bonds. The third kappa shape index (κ3) is 8.64. The van der Waals surface area contributed by atoms with Gasteiger partial charge in [0, 0.05) is 11.1 Å². The van der Waals surface area contributed by atoms with E-state index < -0.39 is 47.0 Å². The Morgan fingerprint density at radius 3 is 1.34 bits per heavy atom. The van der Waals surface area contributed by atoms with E-state index >= 15 is 0 Å². The predicted octanol–water partition coefficient (Wildman–Crippen LogP) is 2.67. The third-order valence-electron chi connectivity index (χ3n) is 3.31. The summed E-state index contributed by atoms with van der Waals surface area (Å²) in [4.78, 5) is 48.8. The average Bonchev–Trinajstić information content (AvgIpc) is 3.01. The van der Waals surface area contributed by atoms with E-state index in [1.54, 1.807) is 0 Å². The van der Waals surface area contributed by atoms with Gasteiger partial charge in [0.1, 0.15) is 9.75 Å². The Balaban J connectivity index is 2.69. The number of amides is 2. The highest BCUT2D eigenvalue weighted by atomic mass is 32.1. The number of ether oxygens (including phenoxy) is 2. The Labute approximate surface area is 175 Å². The summed E-state index contributed by atoms with van der Waals surface area (Å²) in [6.07, 6.45) is -1.97. The summed E-state index contributed by atoms with van der Waals surface area (Å²) < 4.78 is 10.3. The molecule has 2 atom stereocenters. The van der Waals surface area contributed by atoms with Crippen molar-refractivity contribution in [1.82, 2.24) is 10.6 Å². The molecule has 9 heteroatoms. The molecule has 162 valence electrons. The molecule has 0 spiro atoms. The number of carbonyl (C=O) groups is 4. The van der Waals surface area contributed by atoms with Gasteiger partial charge in [-0.15, -0.1) is 11.3 Å². The van der Waals surface area contributed by atoms with Gasteiger partial charge < -0.3 is 20.1 Å². The van der Waals surface area contributed by atoms with E-state index in [-0.39, 0.29) is 9.75 Å². The number of hydrogen-bond acceptors (Lipinski definition) is 7. The molecule has 1 rings (SSSR count). The third-order valence-corrected chi connectivity index (χ3v) is 4.36. The van der Waals surface area contributed by atoms with Gasteiger partial charge in [0.25, 0.3) is 11.8 Å². The predicted molar refractivity (Wildman–Crippen MR) is 110 cm³/mol. The van der Waals surface area contributed by atoms with Gasteiger partial charge in [0.05, 0.1) is 0 Å². The van der Waals surface area contributed by atoms with Crippen molar-refractivity contribution in [3.63, 3.8) is 0 Å². The van der Waals surface area contributed by atoms with Crippen LogP contribution in [0.25, 0.3) is 0 Å². The van der Waals surface area contributed by atoms with Crippen LogP contribution >= 0.6 is 11.3 Å². The van der Waals surface area contributed by atoms with E-state index in [0.717, 1.165) is 11.3 Å². The SMILES string of the molecule is C[C@H](OC(=O)c1ccc(C(=O)O[C@@H](C)C(=O)NC(C)(C)C)s1)C(=O)NC(C)(C)C. The minimum absolute atomic E-state index is 0.152. The fourth-order valence-electron chi connectivity index (χ4n) is 2.04. The molecular formula is C20H30N2O6S. The molecule has 0 bridgehead atoms. The van der Waals surface area contributed by atoms with Crippen LogP contribution in [-0.4, -0.2) is 47.0 Å². The Kier molecular flexibility index (Phi) is 7.97. The molecular weight excluding hydrogens is 396 g/mol.